The third-order valence-corrected chi connectivity index (χ3v) is 6.87. The summed E-state index contributed by atoms with van der Waals surface area (Å²) < 4.78 is 19.7. The van der Waals surface area contributed by atoms with Gasteiger partial charge in [-0.15, -0.1) is 0 Å². The molecule has 3 heterocycles. The maximum absolute atomic E-state index is 13.7. The molecule has 1 N–H and O–H groups in total. The molecule has 0 aromatic heterocycles. The number of hydrogen-bond donors (Lipinski definition) is 1. The molecule has 2 saturated heterocycles. The molecule has 3 aliphatic heterocycles. The predicted molar refractivity (Wildman–Crippen MR) is 113 cm³/mol. The van der Waals surface area contributed by atoms with Crippen LogP contribution in [0, 0.1) is 5.82 Å². The number of benzene rings is 2. The lowest BCUT2D eigenvalue weighted by atomic mass is 9.87. The van der Waals surface area contributed by atoms with E-state index in [9.17, 15) is 9.18 Å². The van der Waals surface area contributed by atoms with Gasteiger partial charge in [0.05, 0.1) is 12.6 Å². The Morgan fingerprint density at radius 3 is 2.77 bits per heavy atom. The fraction of sp³-hybridized carbons (Fsp3) is 0.458. The summed E-state index contributed by atoms with van der Waals surface area (Å²) >= 11 is 0. The molecule has 30 heavy (non-hydrogen) atoms. The quantitative estimate of drug-likeness (QED) is 0.827. The van der Waals surface area contributed by atoms with Gasteiger partial charge in [-0.25, -0.2) is 4.39 Å². The van der Waals surface area contributed by atoms with E-state index >= 15 is 0 Å². The van der Waals surface area contributed by atoms with Crippen molar-refractivity contribution in [3.63, 3.8) is 0 Å². The molecule has 1 amide bonds. The molecule has 0 aliphatic carbocycles. The van der Waals surface area contributed by atoms with E-state index in [4.69, 9.17) is 4.74 Å². The van der Waals surface area contributed by atoms with Crippen LogP contribution >= 0.6 is 0 Å². The average Bonchev–Trinajstić information content (AvgIpc) is 2.78. The van der Waals surface area contributed by atoms with E-state index in [2.05, 4.69) is 29.4 Å². The number of carbonyl (C=O) groups excluding carboxylic acids is 1. The number of piperazine rings is 1. The Kier molecular flexibility index (Phi) is 5.31. The Morgan fingerprint density at radius 1 is 1.13 bits per heavy atom. The van der Waals surface area contributed by atoms with Gasteiger partial charge in [-0.05, 0) is 48.7 Å². The van der Waals surface area contributed by atoms with E-state index in [0.717, 1.165) is 30.6 Å². The fourth-order valence-corrected chi connectivity index (χ4v) is 5.20. The monoisotopic (exact) mass is 409 g/mol. The Hall–Kier alpha value is -2.28. The zero-order chi connectivity index (χ0) is 20.7. The number of carbonyl (C=O) groups is 1. The lowest BCUT2D eigenvalue weighted by Gasteiger charge is -2.46. The average molecular weight is 410 g/mol. The minimum absolute atomic E-state index is 0.0345. The van der Waals surface area contributed by atoms with Crippen molar-refractivity contribution in [3.05, 3.63) is 71.0 Å². The van der Waals surface area contributed by atoms with Crippen LogP contribution in [0.2, 0.25) is 0 Å². The van der Waals surface area contributed by atoms with Gasteiger partial charge in [0, 0.05) is 31.7 Å². The number of fused-ring (bicyclic) bond motifs is 2. The van der Waals surface area contributed by atoms with E-state index in [1.165, 1.54) is 17.7 Å². The zero-order valence-electron chi connectivity index (χ0n) is 17.3. The number of ether oxygens (including phenoxy) is 1. The van der Waals surface area contributed by atoms with Gasteiger partial charge in [-0.1, -0.05) is 36.4 Å². The molecule has 5 rings (SSSR count). The van der Waals surface area contributed by atoms with Crippen molar-refractivity contribution < 1.29 is 13.9 Å². The second-order valence-electron chi connectivity index (χ2n) is 8.60. The molecular weight excluding hydrogens is 381 g/mol. The Labute approximate surface area is 176 Å². The summed E-state index contributed by atoms with van der Waals surface area (Å²) in [6, 6.07) is 15.1. The van der Waals surface area contributed by atoms with Crippen molar-refractivity contribution in [2.75, 3.05) is 33.3 Å². The third-order valence-electron chi connectivity index (χ3n) is 6.87. The van der Waals surface area contributed by atoms with E-state index in [1.807, 2.05) is 17.0 Å². The first-order valence-corrected chi connectivity index (χ1v) is 10.8. The van der Waals surface area contributed by atoms with Crippen LogP contribution in [0.25, 0.3) is 0 Å². The summed E-state index contributed by atoms with van der Waals surface area (Å²) in [5, 5.41) is 3.57. The molecular formula is C24H28FN3O2. The highest BCUT2D eigenvalue weighted by Crippen LogP contribution is 2.36. The molecule has 5 nitrogen and oxygen atoms in total. The molecule has 0 radical (unpaired) electrons. The normalized spacial score (nSPS) is 29.2. The highest BCUT2D eigenvalue weighted by molar-refractivity contribution is 5.82. The Morgan fingerprint density at radius 2 is 1.93 bits per heavy atom. The minimum atomic E-state index is -0.446. The van der Waals surface area contributed by atoms with Crippen LogP contribution in [-0.4, -0.2) is 67.2 Å². The van der Waals surface area contributed by atoms with Gasteiger partial charge in [-0.2, -0.15) is 0 Å². The molecule has 0 bridgehead atoms. The fourth-order valence-electron chi connectivity index (χ4n) is 5.20. The van der Waals surface area contributed by atoms with Crippen LogP contribution in [0.15, 0.2) is 48.5 Å². The summed E-state index contributed by atoms with van der Waals surface area (Å²) in [6.07, 6.45) is 1.06. The van der Waals surface area contributed by atoms with Crippen LogP contribution in [0.5, 0.6) is 0 Å². The smallest absolute Gasteiger partial charge is 0.252 e. The SMILES string of the molecule is CN1CCN[C@H]2C[C@H](C(=O)N3CCc4ccccc4[C@@H]3c3ccc(F)cc3)OC[C@@H]21. The lowest BCUT2D eigenvalue weighted by molar-refractivity contribution is -0.154. The number of nitrogens with zero attached hydrogens (tertiary/aromatic N) is 2. The van der Waals surface area contributed by atoms with Gasteiger partial charge in [0.2, 0.25) is 0 Å². The van der Waals surface area contributed by atoms with Gasteiger partial charge in [-0.3, -0.25) is 9.69 Å². The second-order valence-corrected chi connectivity index (χ2v) is 8.60. The van der Waals surface area contributed by atoms with Crippen LogP contribution < -0.4 is 5.32 Å². The second kappa shape index (κ2) is 8.10. The lowest BCUT2D eigenvalue weighted by Crippen LogP contribution is -2.63. The van der Waals surface area contributed by atoms with E-state index in [-0.39, 0.29) is 23.8 Å². The number of likely N-dealkylation sites (N-methyl/N-ethyl adjacent to an activating group) is 1. The first-order chi connectivity index (χ1) is 14.6. The maximum atomic E-state index is 13.7. The molecule has 0 saturated carbocycles. The van der Waals surface area contributed by atoms with Crippen LogP contribution in [0.3, 0.4) is 0 Å². The molecule has 0 unspecified atom stereocenters. The Bertz CT molecular complexity index is 919. The highest BCUT2D eigenvalue weighted by atomic mass is 19.1. The van der Waals surface area contributed by atoms with E-state index in [0.29, 0.717) is 25.6 Å². The molecule has 0 spiro atoms. The molecule has 158 valence electrons. The first-order valence-electron chi connectivity index (χ1n) is 10.8. The third kappa shape index (κ3) is 3.53. The highest BCUT2D eigenvalue weighted by Gasteiger charge is 2.42. The topological polar surface area (TPSA) is 44.8 Å². The maximum Gasteiger partial charge on any atom is 0.252 e. The van der Waals surface area contributed by atoms with Crippen molar-refractivity contribution in [1.29, 1.82) is 0 Å². The van der Waals surface area contributed by atoms with Crippen molar-refractivity contribution >= 4 is 5.91 Å². The summed E-state index contributed by atoms with van der Waals surface area (Å²) in [4.78, 5) is 17.9. The van der Waals surface area contributed by atoms with Gasteiger partial charge in [0.25, 0.3) is 5.91 Å². The van der Waals surface area contributed by atoms with Gasteiger partial charge >= 0.3 is 0 Å². The predicted octanol–water partition coefficient (Wildman–Crippen LogP) is 2.36. The van der Waals surface area contributed by atoms with Crippen LogP contribution in [0.1, 0.15) is 29.2 Å². The number of amides is 1. The van der Waals surface area contributed by atoms with E-state index in [1.54, 1.807) is 12.1 Å². The van der Waals surface area contributed by atoms with E-state index < -0.39 is 6.10 Å². The van der Waals surface area contributed by atoms with Gasteiger partial charge in [0.1, 0.15) is 11.9 Å². The zero-order valence-corrected chi connectivity index (χ0v) is 17.3. The number of rotatable bonds is 2. The molecule has 6 heteroatoms. The summed E-state index contributed by atoms with van der Waals surface area (Å²) in [6.45, 7) is 3.14. The first kappa shape index (κ1) is 19.7. The molecule has 3 aliphatic rings. The minimum Gasteiger partial charge on any atom is -0.367 e. The number of halogens is 1. The summed E-state index contributed by atoms with van der Waals surface area (Å²) in [5.74, 6) is -0.234. The van der Waals surface area contributed by atoms with Crippen molar-refractivity contribution in [2.45, 2.75) is 37.1 Å². The molecule has 2 aromatic carbocycles. The van der Waals surface area contributed by atoms with Crippen molar-refractivity contribution in [2.24, 2.45) is 0 Å². The molecule has 4 atom stereocenters. The number of nitrogens with one attached hydrogen (secondary N) is 1. The summed E-state index contributed by atoms with van der Waals surface area (Å²) in [5.41, 5.74) is 3.30. The number of hydrogen-bond acceptors (Lipinski definition) is 4. The van der Waals surface area contributed by atoms with Crippen molar-refractivity contribution in [3.8, 4) is 0 Å². The molecule has 2 fully saturated rings. The van der Waals surface area contributed by atoms with Gasteiger partial charge < -0.3 is 15.0 Å². The van der Waals surface area contributed by atoms with Gasteiger partial charge in [0.15, 0.2) is 0 Å². The summed E-state index contributed by atoms with van der Waals surface area (Å²) in [7, 11) is 2.12. The standard InChI is InChI=1S/C24H28FN3O2/c1-27-13-11-26-20-14-22(30-15-21(20)27)24(29)28-12-10-16-4-2-3-5-19(16)23(28)17-6-8-18(25)9-7-17/h2-9,20-23,26H,10-15H2,1H3/t20-,21-,22+,23-/m0/s1. The van der Waals surface area contributed by atoms with Crippen LogP contribution in [0.4, 0.5) is 4.39 Å². The Balaban J connectivity index is 1.43. The van der Waals surface area contributed by atoms with Crippen molar-refractivity contribution in [1.82, 2.24) is 15.1 Å². The molecule has 2 aromatic rings. The van der Waals surface area contributed by atoms with Crippen LogP contribution in [-0.2, 0) is 16.0 Å². The largest absolute Gasteiger partial charge is 0.367 e.